The Balaban J connectivity index is 2.18. The van der Waals surface area contributed by atoms with E-state index in [1.165, 1.54) is 17.5 Å². The van der Waals surface area contributed by atoms with Crippen molar-refractivity contribution in [2.45, 2.75) is 58.8 Å². The van der Waals surface area contributed by atoms with Crippen LogP contribution in [0.15, 0.2) is 18.2 Å². The number of fused-ring (bicyclic) bond motifs is 1. The van der Waals surface area contributed by atoms with E-state index in [0.717, 1.165) is 63.2 Å². The number of rotatable bonds is 8. The minimum absolute atomic E-state index is 0.767. The highest BCUT2D eigenvalue weighted by molar-refractivity contribution is 5.61. The van der Waals surface area contributed by atoms with Crippen molar-refractivity contribution in [3.05, 3.63) is 29.3 Å². The van der Waals surface area contributed by atoms with Gasteiger partial charge in [0.2, 0.25) is 0 Å². The second kappa shape index (κ2) is 8.76. The molecule has 0 aromatic heterocycles. The van der Waals surface area contributed by atoms with Crippen molar-refractivity contribution in [3.63, 3.8) is 0 Å². The van der Waals surface area contributed by atoms with Crippen LogP contribution in [-0.4, -0.2) is 13.2 Å². The molecule has 0 unspecified atom stereocenters. The molecule has 0 radical (unpaired) electrons. The van der Waals surface area contributed by atoms with Crippen molar-refractivity contribution < 1.29 is 9.47 Å². The van der Waals surface area contributed by atoms with E-state index in [-0.39, 0.29) is 0 Å². The summed E-state index contributed by atoms with van der Waals surface area (Å²) in [7, 11) is 0. The van der Waals surface area contributed by atoms with Crippen LogP contribution in [0.2, 0.25) is 0 Å². The zero-order valence-corrected chi connectivity index (χ0v) is 13.5. The summed E-state index contributed by atoms with van der Waals surface area (Å²) >= 11 is 0. The van der Waals surface area contributed by atoms with E-state index in [0.29, 0.717) is 0 Å². The Labute approximate surface area is 129 Å². The molecule has 2 rings (SSSR count). The van der Waals surface area contributed by atoms with E-state index in [4.69, 9.17) is 9.47 Å². The van der Waals surface area contributed by atoms with Crippen molar-refractivity contribution in [1.29, 1.82) is 0 Å². The number of ether oxygens (including phenoxy) is 2. The van der Waals surface area contributed by atoms with Gasteiger partial charge in [0, 0.05) is 0 Å². The molecule has 1 aliphatic carbocycles. The molecule has 0 spiro atoms. The molecule has 21 heavy (non-hydrogen) atoms. The first-order valence-corrected chi connectivity index (χ1v) is 8.44. The molecule has 0 fully saturated rings. The summed E-state index contributed by atoms with van der Waals surface area (Å²) in [5.74, 6) is 1.83. The van der Waals surface area contributed by atoms with Crippen LogP contribution in [-0.2, 0) is 6.42 Å². The van der Waals surface area contributed by atoms with Gasteiger partial charge in [0.05, 0.1) is 13.2 Å². The molecule has 116 valence electrons. The van der Waals surface area contributed by atoms with Gasteiger partial charge in [0.15, 0.2) is 11.5 Å². The summed E-state index contributed by atoms with van der Waals surface area (Å²) in [6, 6.07) is 4.36. The van der Waals surface area contributed by atoms with E-state index in [2.05, 4.69) is 38.1 Å². The summed E-state index contributed by atoms with van der Waals surface area (Å²) in [5, 5.41) is 0. The lowest BCUT2D eigenvalue weighted by atomic mass is 10.0. The Morgan fingerprint density at radius 1 is 0.952 bits per heavy atom. The maximum Gasteiger partial charge on any atom is 0.161 e. The van der Waals surface area contributed by atoms with Gasteiger partial charge in [-0.3, -0.25) is 0 Å². The zero-order valence-electron chi connectivity index (χ0n) is 13.5. The first-order chi connectivity index (χ1) is 10.3. The number of benzene rings is 1. The third-order valence-electron chi connectivity index (χ3n) is 3.83. The maximum absolute atomic E-state index is 5.97. The van der Waals surface area contributed by atoms with E-state index in [1.54, 1.807) is 0 Å². The fraction of sp³-hybridized carbons (Fsp3) is 0.579. The van der Waals surface area contributed by atoms with Gasteiger partial charge < -0.3 is 9.47 Å². The summed E-state index contributed by atoms with van der Waals surface area (Å²) < 4.78 is 11.9. The second-order valence-electron chi connectivity index (χ2n) is 5.70. The summed E-state index contributed by atoms with van der Waals surface area (Å²) in [4.78, 5) is 0. The summed E-state index contributed by atoms with van der Waals surface area (Å²) in [6.45, 7) is 5.91. The maximum atomic E-state index is 5.97. The molecule has 0 atom stereocenters. The minimum Gasteiger partial charge on any atom is -0.490 e. The van der Waals surface area contributed by atoms with Gasteiger partial charge in [-0.15, -0.1) is 0 Å². The molecule has 0 heterocycles. The highest BCUT2D eigenvalue weighted by atomic mass is 16.5. The van der Waals surface area contributed by atoms with Gasteiger partial charge in [-0.05, 0) is 55.4 Å². The van der Waals surface area contributed by atoms with Crippen LogP contribution in [0.3, 0.4) is 0 Å². The summed E-state index contributed by atoms with van der Waals surface area (Å²) in [5.41, 5.74) is 2.68. The van der Waals surface area contributed by atoms with Crippen LogP contribution in [0.1, 0.15) is 63.5 Å². The lowest BCUT2D eigenvalue weighted by Crippen LogP contribution is -2.04. The van der Waals surface area contributed by atoms with E-state index in [9.17, 15) is 0 Å². The Morgan fingerprint density at radius 3 is 2.29 bits per heavy atom. The molecule has 2 heteroatoms. The number of allylic oxidation sites excluding steroid dienone is 1. The predicted molar refractivity (Wildman–Crippen MR) is 89.2 cm³/mol. The minimum atomic E-state index is 0.767. The normalized spacial score (nSPS) is 13.6. The van der Waals surface area contributed by atoms with Crippen molar-refractivity contribution in [2.75, 3.05) is 13.2 Å². The standard InChI is InChI=1S/C19H28O2/c1-3-5-12-20-18-14-16-10-8-7-9-11-17(16)15-19(18)21-13-6-4-2/h8,10,14-15H,3-7,9,11-13H2,1-2H3. The van der Waals surface area contributed by atoms with Crippen molar-refractivity contribution in [3.8, 4) is 11.5 Å². The van der Waals surface area contributed by atoms with Crippen molar-refractivity contribution in [1.82, 2.24) is 0 Å². The molecule has 1 aromatic rings. The molecule has 0 N–H and O–H groups in total. The average Bonchev–Trinajstić information content (AvgIpc) is 2.72. The van der Waals surface area contributed by atoms with Crippen LogP contribution >= 0.6 is 0 Å². The SMILES string of the molecule is CCCCOc1cc2c(cc1OCCCC)CCCC=C2. The molecule has 0 aliphatic heterocycles. The number of unbranched alkanes of at least 4 members (excludes halogenated alkanes) is 2. The third kappa shape index (κ3) is 4.80. The van der Waals surface area contributed by atoms with Gasteiger partial charge in [0.1, 0.15) is 0 Å². The first-order valence-electron chi connectivity index (χ1n) is 8.44. The van der Waals surface area contributed by atoms with E-state index < -0.39 is 0 Å². The first kappa shape index (κ1) is 15.9. The van der Waals surface area contributed by atoms with Crippen molar-refractivity contribution in [2.24, 2.45) is 0 Å². The van der Waals surface area contributed by atoms with Crippen molar-refractivity contribution >= 4 is 6.08 Å². The second-order valence-corrected chi connectivity index (χ2v) is 5.70. The number of aryl methyl sites for hydroxylation is 1. The molecular formula is C19H28O2. The molecular weight excluding hydrogens is 260 g/mol. The van der Waals surface area contributed by atoms with Gasteiger partial charge in [0.25, 0.3) is 0 Å². The van der Waals surface area contributed by atoms with Gasteiger partial charge >= 0.3 is 0 Å². The number of hydrogen-bond donors (Lipinski definition) is 0. The van der Waals surface area contributed by atoms with Crippen LogP contribution in [0.4, 0.5) is 0 Å². The molecule has 2 nitrogen and oxygen atoms in total. The molecule has 0 saturated heterocycles. The fourth-order valence-corrected chi connectivity index (χ4v) is 2.49. The summed E-state index contributed by atoms with van der Waals surface area (Å²) in [6.07, 6.45) is 12.5. The fourth-order valence-electron chi connectivity index (χ4n) is 2.49. The molecule has 0 saturated carbocycles. The van der Waals surface area contributed by atoms with E-state index >= 15 is 0 Å². The average molecular weight is 288 g/mol. The van der Waals surface area contributed by atoms with Gasteiger partial charge in [-0.1, -0.05) is 38.8 Å². The third-order valence-corrected chi connectivity index (χ3v) is 3.83. The Morgan fingerprint density at radius 2 is 1.62 bits per heavy atom. The quantitative estimate of drug-likeness (QED) is 0.597. The number of hydrogen-bond acceptors (Lipinski definition) is 2. The Bertz CT molecular complexity index is 463. The largest absolute Gasteiger partial charge is 0.490 e. The van der Waals surface area contributed by atoms with Gasteiger partial charge in [-0.25, -0.2) is 0 Å². The Kier molecular flexibility index (Phi) is 6.65. The van der Waals surface area contributed by atoms with Crippen LogP contribution < -0.4 is 9.47 Å². The zero-order chi connectivity index (χ0) is 14.9. The van der Waals surface area contributed by atoms with Crippen LogP contribution in [0.5, 0.6) is 11.5 Å². The lowest BCUT2D eigenvalue weighted by molar-refractivity contribution is 0.261. The van der Waals surface area contributed by atoms with Crippen LogP contribution in [0.25, 0.3) is 6.08 Å². The molecule has 0 amide bonds. The predicted octanol–water partition coefficient (Wildman–Crippen LogP) is 5.39. The topological polar surface area (TPSA) is 18.5 Å². The lowest BCUT2D eigenvalue weighted by Gasteiger charge is -2.16. The van der Waals surface area contributed by atoms with Gasteiger partial charge in [-0.2, -0.15) is 0 Å². The smallest absolute Gasteiger partial charge is 0.161 e. The molecule has 0 bridgehead atoms. The highest BCUT2D eigenvalue weighted by Crippen LogP contribution is 2.34. The van der Waals surface area contributed by atoms with Crippen LogP contribution in [0, 0.1) is 0 Å². The van der Waals surface area contributed by atoms with E-state index in [1.807, 2.05) is 0 Å². The Hall–Kier alpha value is -1.44. The monoisotopic (exact) mass is 288 g/mol. The molecule has 1 aromatic carbocycles. The molecule has 1 aliphatic rings. The highest BCUT2D eigenvalue weighted by Gasteiger charge is 2.12.